The minimum atomic E-state index is -2.83. The second-order valence-corrected chi connectivity index (χ2v) is 5.75. The molecule has 0 aliphatic carbocycles. The number of hydrogen-bond acceptors (Lipinski definition) is 3. The summed E-state index contributed by atoms with van der Waals surface area (Å²) in [6, 6.07) is 14.1. The summed E-state index contributed by atoms with van der Waals surface area (Å²) in [6.07, 6.45) is 0.847. The first-order valence-electron chi connectivity index (χ1n) is 8.08. The number of aryl methyl sites for hydroxylation is 1. The third-order valence-corrected chi connectivity index (χ3v) is 3.69. The lowest BCUT2D eigenvalue weighted by atomic mass is 10.1. The van der Waals surface area contributed by atoms with Gasteiger partial charge in [0.1, 0.15) is 5.75 Å². The quantitative estimate of drug-likeness (QED) is 0.786. The fourth-order valence-corrected chi connectivity index (χ4v) is 2.53. The number of para-hydroxylation sites is 1. The number of ether oxygens (including phenoxy) is 1. The third kappa shape index (κ3) is 6.15. The van der Waals surface area contributed by atoms with E-state index in [4.69, 9.17) is 0 Å². The molecule has 134 valence electrons. The van der Waals surface area contributed by atoms with Crippen LogP contribution in [0.4, 0.5) is 14.5 Å². The molecule has 0 radical (unpaired) electrons. The molecule has 2 aromatic carbocycles. The molecule has 2 rings (SSSR count). The molecule has 2 aromatic rings. The molecule has 0 bridgehead atoms. The van der Waals surface area contributed by atoms with Gasteiger partial charge in [0.05, 0.1) is 6.54 Å². The Bertz CT molecular complexity index is 690. The Hall–Kier alpha value is -2.47. The number of halogens is 2. The van der Waals surface area contributed by atoms with Gasteiger partial charge in [-0.3, -0.25) is 9.69 Å². The first-order chi connectivity index (χ1) is 12.0. The molecular formula is C19H22F2N2O2. The monoisotopic (exact) mass is 348 g/mol. The second-order valence-electron chi connectivity index (χ2n) is 5.75. The molecule has 4 nitrogen and oxygen atoms in total. The maximum Gasteiger partial charge on any atom is 0.387 e. The predicted molar refractivity (Wildman–Crippen MR) is 93.9 cm³/mol. The van der Waals surface area contributed by atoms with Crippen molar-refractivity contribution in [2.24, 2.45) is 0 Å². The topological polar surface area (TPSA) is 41.6 Å². The average Bonchev–Trinajstić information content (AvgIpc) is 2.56. The molecule has 6 heteroatoms. The molecule has 0 saturated carbocycles. The van der Waals surface area contributed by atoms with E-state index in [0.717, 1.165) is 23.2 Å². The molecule has 0 spiro atoms. The molecule has 0 saturated heterocycles. The zero-order valence-corrected chi connectivity index (χ0v) is 14.3. The maximum absolute atomic E-state index is 12.2. The molecule has 0 heterocycles. The SMILES string of the molecule is CCc1ccccc1NC(=O)CN(C)Cc1ccc(OC(F)F)cc1. The van der Waals surface area contributed by atoms with Crippen LogP contribution in [-0.2, 0) is 17.8 Å². The lowest BCUT2D eigenvalue weighted by Gasteiger charge is -2.17. The zero-order valence-electron chi connectivity index (χ0n) is 14.3. The van der Waals surface area contributed by atoms with Crippen LogP contribution < -0.4 is 10.1 Å². The number of rotatable bonds is 8. The Morgan fingerprint density at radius 2 is 1.84 bits per heavy atom. The van der Waals surface area contributed by atoms with Gasteiger partial charge in [0, 0.05) is 12.2 Å². The van der Waals surface area contributed by atoms with E-state index in [1.807, 2.05) is 43.1 Å². The smallest absolute Gasteiger partial charge is 0.387 e. The van der Waals surface area contributed by atoms with Crippen LogP contribution in [0.2, 0.25) is 0 Å². The van der Waals surface area contributed by atoms with Gasteiger partial charge in [0.15, 0.2) is 0 Å². The number of carbonyl (C=O) groups excluding carboxylic acids is 1. The number of alkyl halides is 2. The Labute approximate surface area is 146 Å². The lowest BCUT2D eigenvalue weighted by molar-refractivity contribution is -0.117. The van der Waals surface area contributed by atoms with Crippen molar-refractivity contribution in [2.45, 2.75) is 26.5 Å². The number of anilines is 1. The largest absolute Gasteiger partial charge is 0.435 e. The first kappa shape index (κ1) is 18.9. The highest BCUT2D eigenvalue weighted by Crippen LogP contribution is 2.17. The summed E-state index contributed by atoms with van der Waals surface area (Å²) in [5, 5.41) is 2.92. The molecule has 0 aliphatic heterocycles. The van der Waals surface area contributed by atoms with Crippen molar-refractivity contribution in [2.75, 3.05) is 18.9 Å². The summed E-state index contributed by atoms with van der Waals surface area (Å²) in [5.74, 6) is 0.0244. The van der Waals surface area contributed by atoms with E-state index in [1.165, 1.54) is 12.1 Å². The van der Waals surface area contributed by atoms with Gasteiger partial charge < -0.3 is 10.1 Å². The van der Waals surface area contributed by atoms with E-state index >= 15 is 0 Å². The summed E-state index contributed by atoms with van der Waals surface area (Å²) >= 11 is 0. The van der Waals surface area contributed by atoms with Crippen molar-refractivity contribution in [1.82, 2.24) is 4.90 Å². The molecule has 1 amide bonds. The van der Waals surface area contributed by atoms with Gasteiger partial charge in [-0.25, -0.2) is 0 Å². The minimum Gasteiger partial charge on any atom is -0.435 e. The van der Waals surface area contributed by atoms with Gasteiger partial charge in [-0.05, 0) is 42.8 Å². The van der Waals surface area contributed by atoms with E-state index in [9.17, 15) is 13.6 Å². The number of benzene rings is 2. The molecule has 25 heavy (non-hydrogen) atoms. The lowest BCUT2D eigenvalue weighted by Crippen LogP contribution is -2.30. The predicted octanol–water partition coefficient (Wildman–Crippen LogP) is 3.92. The molecule has 0 unspecified atom stereocenters. The van der Waals surface area contributed by atoms with Crippen molar-refractivity contribution in [3.05, 3.63) is 59.7 Å². The zero-order chi connectivity index (χ0) is 18.2. The summed E-state index contributed by atoms with van der Waals surface area (Å²) in [6.45, 7) is -0.0351. The van der Waals surface area contributed by atoms with Crippen LogP contribution in [0.25, 0.3) is 0 Å². The van der Waals surface area contributed by atoms with Gasteiger partial charge in [0.25, 0.3) is 0 Å². The van der Waals surface area contributed by atoms with Crippen molar-refractivity contribution < 1.29 is 18.3 Å². The average molecular weight is 348 g/mol. The summed E-state index contributed by atoms with van der Waals surface area (Å²) in [7, 11) is 1.83. The van der Waals surface area contributed by atoms with Crippen molar-refractivity contribution in [3.63, 3.8) is 0 Å². The molecule has 0 fully saturated rings. The van der Waals surface area contributed by atoms with Gasteiger partial charge in [-0.2, -0.15) is 8.78 Å². The maximum atomic E-state index is 12.2. The van der Waals surface area contributed by atoms with Crippen molar-refractivity contribution in [3.8, 4) is 5.75 Å². The summed E-state index contributed by atoms with van der Waals surface area (Å²) in [5.41, 5.74) is 2.83. The molecule has 0 atom stereocenters. The van der Waals surface area contributed by atoms with Crippen LogP contribution in [0.5, 0.6) is 5.75 Å². The van der Waals surface area contributed by atoms with Gasteiger partial charge >= 0.3 is 6.61 Å². The van der Waals surface area contributed by atoms with E-state index in [2.05, 4.69) is 10.1 Å². The number of nitrogens with one attached hydrogen (secondary N) is 1. The van der Waals surface area contributed by atoms with Crippen LogP contribution in [0.15, 0.2) is 48.5 Å². The Kier molecular flexibility index (Phi) is 6.89. The Morgan fingerprint density at radius 1 is 1.16 bits per heavy atom. The second kappa shape index (κ2) is 9.13. The van der Waals surface area contributed by atoms with Crippen LogP contribution in [0.3, 0.4) is 0 Å². The fraction of sp³-hybridized carbons (Fsp3) is 0.316. The van der Waals surface area contributed by atoms with Gasteiger partial charge in [-0.15, -0.1) is 0 Å². The number of likely N-dealkylation sites (N-methyl/N-ethyl adjacent to an activating group) is 1. The Balaban J connectivity index is 1.86. The number of nitrogens with zero attached hydrogens (tertiary/aromatic N) is 1. The third-order valence-electron chi connectivity index (χ3n) is 3.69. The number of amides is 1. The van der Waals surface area contributed by atoms with Crippen molar-refractivity contribution >= 4 is 11.6 Å². The molecule has 1 N–H and O–H groups in total. The first-order valence-corrected chi connectivity index (χ1v) is 8.08. The Morgan fingerprint density at radius 3 is 2.48 bits per heavy atom. The van der Waals surface area contributed by atoms with E-state index < -0.39 is 6.61 Å². The van der Waals surface area contributed by atoms with E-state index in [1.54, 1.807) is 12.1 Å². The summed E-state index contributed by atoms with van der Waals surface area (Å²) < 4.78 is 28.6. The normalized spacial score (nSPS) is 11.0. The van der Waals surface area contributed by atoms with Gasteiger partial charge in [0.2, 0.25) is 5.91 Å². The molecule has 0 aromatic heterocycles. The van der Waals surface area contributed by atoms with Crippen LogP contribution in [0.1, 0.15) is 18.1 Å². The molecular weight excluding hydrogens is 326 g/mol. The fourth-order valence-electron chi connectivity index (χ4n) is 2.53. The highest BCUT2D eigenvalue weighted by atomic mass is 19.3. The number of hydrogen-bond donors (Lipinski definition) is 1. The van der Waals surface area contributed by atoms with Crippen LogP contribution in [-0.4, -0.2) is 31.0 Å². The highest BCUT2D eigenvalue weighted by molar-refractivity contribution is 5.92. The molecule has 0 aliphatic rings. The van der Waals surface area contributed by atoms with E-state index in [0.29, 0.717) is 6.54 Å². The van der Waals surface area contributed by atoms with E-state index in [-0.39, 0.29) is 18.2 Å². The van der Waals surface area contributed by atoms with Crippen LogP contribution >= 0.6 is 0 Å². The van der Waals surface area contributed by atoms with Crippen LogP contribution in [0, 0.1) is 0 Å². The highest BCUT2D eigenvalue weighted by Gasteiger charge is 2.10. The standard InChI is InChI=1S/C19H22F2N2O2/c1-3-15-6-4-5-7-17(15)22-18(24)13-23(2)12-14-8-10-16(11-9-14)25-19(20)21/h4-11,19H,3,12-13H2,1-2H3,(H,22,24). The van der Waals surface area contributed by atoms with Crippen molar-refractivity contribution in [1.29, 1.82) is 0 Å². The minimum absolute atomic E-state index is 0.0962. The number of carbonyl (C=O) groups is 1. The van der Waals surface area contributed by atoms with Gasteiger partial charge in [-0.1, -0.05) is 37.3 Å². The summed E-state index contributed by atoms with van der Waals surface area (Å²) in [4.78, 5) is 14.1.